The zero-order valence-electron chi connectivity index (χ0n) is 11.9. The summed E-state index contributed by atoms with van der Waals surface area (Å²) in [4.78, 5) is 26.0. The highest BCUT2D eigenvalue weighted by Gasteiger charge is 2.37. The van der Waals surface area contributed by atoms with Gasteiger partial charge in [-0.2, -0.15) is 0 Å². The fourth-order valence-corrected chi connectivity index (χ4v) is 2.73. The van der Waals surface area contributed by atoms with Gasteiger partial charge in [0, 0.05) is 25.2 Å². The second-order valence-corrected chi connectivity index (χ2v) is 5.99. The third-order valence-corrected chi connectivity index (χ3v) is 4.14. The number of aliphatic hydroxyl groups excluding tert-OH is 1. The molecule has 3 rings (SSSR count). The zero-order chi connectivity index (χ0) is 14.8. The molecule has 1 aliphatic carbocycles. The number of anilines is 1. The fourth-order valence-electron chi connectivity index (χ4n) is 2.73. The molecule has 0 aromatic heterocycles. The number of carbonyl (C=O) groups is 2. The second-order valence-electron chi connectivity index (χ2n) is 5.99. The van der Waals surface area contributed by atoms with Crippen molar-refractivity contribution in [1.29, 1.82) is 0 Å². The molecule has 1 saturated carbocycles. The smallest absolute Gasteiger partial charge is 0.229 e. The molecule has 1 aromatic rings. The van der Waals surface area contributed by atoms with Crippen LogP contribution in [0.15, 0.2) is 24.3 Å². The Morgan fingerprint density at radius 3 is 2.90 bits per heavy atom. The lowest BCUT2D eigenvalue weighted by molar-refractivity contribution is -0.128. The molecule has 2 amide bonds. The minimum Gasteiger partial charge on any atom is -0.392 e. The van der Waals surface area contributed by atoms with E-state index in [-0.39, 0.29) is 24.3 Å². The van der Waals surface area contributed by atoms with Crippen molar-refractivity contribution in [3.63, 3.8) is 0 Å². The number of aliphatic hydroxyl groups is 1. The van der Waals surface area contributed by atoms with Crippen LogP contribution in [0.5, 0.6) is 0 Å². The van der Waals surface area contributed by atoms with E-state index in [4.69, 9.17) is 5.11 Å². The average Bonchev–Trinajstić information content (AvgIpc) is 3.22. The van der Waals surface area contributed by atoms with Crippen molar-refractivity contribution in [1.82, 2.24) is 4.90 Å². The molecular weight excluding hydrogens is 268 g/mol. The maximum absolute atomic E-state index is 12.3. The van der Waals surface area contributed by atoms with Gasteiger partial charge >= 0.3 is 0 Å². The van der Waals surface area contributed by atoms with Crippen molar-refractivity contribution in [2.24, 2.45) is 11.8 Å². The molecule has 2 N–H and O–H groups in total. The maximum atomic E-state index is 12.3. The summed E-state index contributed by atoms with van der Waals surface area (Å²) in [7, 11) is 0. The van der Waals surface area contributed by atoms with Crippen LogP contribution in [0.1, 0.15) is 24.8 Å². The van der Waals surface area contributed by atoms with Crippen molar-refractivity contribution in [2.75, 3.05) is 18.4 Å². The monoisotopic (exact) mass is 288 g/mol. The molecule has 1 aromatic carbocycles. The van der Waals surface area contributed by atoms with Crippen LogP contribution < -0.4 is 5.32 Å². The van der Waals surface area contributed by atoms with Gasteiger partial charge in [0.05, 0.1) is 12.5 Å². The Labute approximate surface area is 123 Å². The van der Waals surface area contributed by atoms with Crippen molar-refractivity contribution >= 4 is 17.5 Å². The molecule has 1 atom stereocenters. The van der Waals surface area contributed by atoms with Gasteiger partial charge in [-0.05, 0) is 36.5 Å². The number of nitrogens with zero attached hydrogens (tertiary/aromatic N) is 1. The first-order chi connectivity index (χ1) is 10.2. The lowest BCUT2D eigenvalue weighted by Crippen LogP contribution is -2.29. The van der Waals surface area contributed by atoms with Gasteiger partial charge in [-0.25, -0.2) is 0 Å². The van der Waals surface area contributed by atoms with Gasteiger partial charge in [0.2, 0.25) is 11.8 Å². The quantitative estimate of drug-likeness (QED) is 0.860. The van der Waals surface area contributed by atoms with Crippen LogP contribution in [0.25, 0.3) is 0 Å². The highest BCUT2D eigenvalue weighted by atomic mass is 16.3. The molecule has 0 spiro atoms. The molecule has 2 fully saturated rings. The number of nitrogens with one attached hydrogen (secondary N) is 1. The molecule has 1 unspecified atom stereocenters. The summed E-state index contributed by atoms with van der Waals surface area (Å²) >= 11 is 0. The number of rotatable bonds is 5. The molecule has 1 heterocycles. The lowest BCUT2D eigenvalue weighted by Gasteiger charge is -2.16. The standard InChI is InChI=1S/C16H20N2O3/c19-10-12-2-1-3-14(6-12)17-16(21)13-7-15(20)18(9-13)8-11-4-5-11/h1-3,6,11,13,19H,4-5,7-10H2,(H,17,21). The summed E-state index contributed by atoms with van der Waals surface area (Å²) in [6.45, 7) is 1.28. The van der Waals surface area contributed by atoms with Crippen LogP contribution in [0.2, 0.25) is 0 Å². The summed E-state index contributed by atoms with van der Waals surface area (Å²) < 4.78 is 0. The normalized spacial score (nSPS) is 21.7. The zero-order valence-corrected chi connectivity index (χ0v) is 11.9. The van der Waals surface area contributed by atoms with Gasteiger partial charge in [-0.3, -0.25) is 9.59 Å². The molecule has 21 heavy (non-hydrogen) atoms. The first-order valence-corrected chi connectivity index (χ1v) is 7.44. The number of hydrogen-bond acceptors (Lipinski definition) is 3. The third-order valence-electron chi connectivity index (χ3n) is 4.14. The largest absolute Gasteiger partial charge is 0.392 e. The third kappa shape index (κ3) is 3.42. The SMILES string of the molecule is O=C(Nc1cccc(CO)c1)C1CC(=O)N(CC2CC2)C1. The van der Waals surface area contributed by atoms with Crippen LogP contribution in [0.3, 0.4) is 0 Å². The van der Waals surface area contributed by atoms with Gasteiger partial charge in [0.1, 0.15) is 0 Å². The van der Waals surface area contributed by atoms with E-state index in [1.165, 1.54) is 12.8 Å². The highest BCUT2D eigenvalue weighted by molar-refractivity contribution is 5.97. The molecule has 1 aliphatic heterocycles. The average molecular weight is 288 g/mol. The number of amides is 2. The summed E-state index contributed by atoms with van der Waals surface area (Å²) in [6, 6.07) is 7.12. The van der Waals surface area contributed by atoms with E-state index in [1.54, 1.807) is 24.3 Å². The number of likely N-dealkylation sites (tertiary alicyclic amines) is 1. The van der Waals surface area contributed by atoms with E-state index in [0.717, 1.165) is 12.1 Å². The number of hydrogen-bond donors (Lipinski definition) is 2. The summed E-state index contributed by atoms with van der Waals surface area (Å²) in [6.07, 6.45) is 2.71. The Hall–Kier alpha value is -1.88. The predicted molar refractivity (Wildman–Crippen MR) is 78.4 cm³/mol. The van der Waals surface area contributed by atoms with Crippen molar-refractivity contribution in [3.05, 3.63) is 29.8 Å². The molecule has 5 nitrogen and oxygen atoms in total. The Balaban J connectivity index is 1.58. The first-order valence-electron chi connectivity index (χ1n) is 7.44. The minimum atomic E-state index is -0.269. The molecule has 1 saturated heterocycles. The van der Waals surface area contributed by atoms with Gasteiger partial charge in [0.25, 0.3) is 0 Å². The van der Waals surface area contributed by atoms with Crippen molar-refractivity contribution in [2.45, 2.75) is 25.9 Å². The Morgan fingerprint density at radius 2 is 2.19 bits per heavy atom. The predicted octanol–water partition coefficient (Wildman–Crippen LogP) is 1.38. The highest BCUT2D eigenvalue weighted by Crippen LogP contribution is 2.32. The molecule has 2 aliphatic rings. The molecule has 0 bridgehead atoms. The molecular formula is C16H20N2O3. The van der Waals surface area contributed by atoms with Crippen LogP contribution >= 0.6 is 0 Å². The minimum absolute atomic E-state index is 0.0548. The van der Waals surface area contributed by atoms with Gasteiger partial charge in [-0.1, -0.05) is 12.1 Å². The first kappa shape index (κ1) is 14.1. The molecule has 112 valence electrons. The topological polar surface area (TPSA) is 69.6 Å². The van der Waals surface area contributed by atoms with E-state index < -0.39 is 0 Å². The van der Waals surface area contributed by atoms with Crippen molar-refractivity contribution in [3.8, 4) is 0 Å². The van der Waals surface area contributed by atoms with E-state index in [0.29, 0.717) is 24.6 Å². The van der Waals surface area contributed by atoms with Crippen LogP contribution in [0, 0.1) is 11.8 Å². The second kappa shape index (κ2) is 5.85. The van der Waals surface area contributed by atoms with E-state index in [1.807, 2.05) is 4.90 Å². The number of carbonyl (C=O) groups excluding carboxylic acids is 2. The van der Waals surface area contributed by atoms with E-state index >= 15 is 0 Å². The van der Waals surface area contributed by atoms with Gasteiger partial charge < -0.3 is 15.3 Å². The Bertz CT molecular complexity index is 554. The van der Waals surface area contributed by atoms with E-state index in [9.17, 15) is 9.59 Å². The van der Waals surface area contributed by atoms with Crippen LogP contribution in [-0.4, -0.2) is 34.9 Å². The van der Waals surface area contributed by atoms with E-state index in [2.05, 4.69) is 5.32 Å². The summed E-state index contributed by atoms with van der Waals surface area (Å²) in [5, 5.41) is 11.9. The van der Waals surface area contributed by atoms with Gasteiger partial charge in [-0.15, -0.1) is 0 Å². The maximum Gasteiger partial charge on any atom is 0.229 e. The lowest BCUT2D eigenvalue weighted by atomic mass is 10.1. The Morgan fingerprint density at radius 1 is 1.38 bits per heavy atom. The van der Waals surface area contributed by atoms with Crippen LogP contribution in [-0.2, 0) is 16.2 Å². The molecule has 0 radical (unpaired) electrons. The van der Waals surface area contributed by atoms with Gasteiger partial charge in [0.15, 0.2) is 0 Å². The van der Waals surface area contributed by atoms with Crippen LogP contribution in [0.4, 0.5) is 5.69 Å². The Kier molecular flexibility index (Phi) is 3.92. The summed E-state index contributed by atoms with van der Waals surface area (Å²) in [5.41, 5.74) is 1.42. The number of benzene rings is 1. The van der Waals surface area contributed by atoms with Crippen molar-refractivity contribution < 1.29 is 14.7 Å². The fraction of sp³-hybridized carbons (Fsp3) is 0.500. The molecule has 5 heteroatoms. The summed E-state index contributed by atoms with van der Waals surface area (Å²) in [5.74, 6) is 0.355.